The van der Waals surface area contributed by atoms with Crippen LogP contribution in [0.25, 0.3) is 5.57 Å². The third kappa shape index (κ3) is 3.96. The maximum Gasteiger partial charge on any atom is 0.123 e. The Kier molecular flexibility index (Phi) is 5.25. The summed E-state index contributed by atoms with van der Waals surface area (Å²) >= 11 is 0. The highest BCUT2D eigenvalue weighted by atomic mass is 16.5. The Bertz CT molecular complexity index is 974. The molecule has 0 aromatic heterocycles. The van der Waals surface area contributed by atoms with Gasteiger partial charge in [-0.2, -0.15) is 0 Å². The van der Waals surface area contributed by atoms with Crippen molar-refractivity contribution in [2.24, 2.45) is 10.9 Å². The van der Waals surface area contributed by atoms with Gasteiger partial charge in [0.1, 0.15) is 11.4 Å². The SMILES string of the molecule is C=N/C=C\N1CC=CC(c2ccc3c(c2)CCC2(CCN(C(=C)C4CC4)CC2)O3)=C1C. The molecule has 4 heteroatoms. The number of allylic oxidation sites excluding steroid dienone is 4. The van der Waals surface area contributed by atoms with Crippen LogP contribution in [-0.4, -0.2) is 41.8 Å². The highest BCUT2D eigenvalue weighted by Gasteiger charge is 2.41. The van der Waals surface area contributed by atoms with Crippen molar-refractivity contribution in [3.05, 3.63) is 71.9 Å². The molecule has 31 heavy (non-hydrogen) atoms. The van der Waals surface area contributed by atoms with Gasteiger partial charge in [0.15, 0.2) is 0 Å². The van der Waals surface area contributed by atoms with Gasteiger partial charge in [0, 0.05) is 61.8 Å². The first-order valence-corrected chi connectivity index (χ1v) is 11.6. The van der Waals surface area contributed by atoms with E-state index >= 15 is 0 Å². The standard InChI is InChI=1S/C27H33N3O/c1-20(22-6-7-22)30-16-12-27(13-17-30)11-10-24-19-23(8-9-26(24)31-27)25-5-4-15-29(21(25)2)18-14-28-3/h4-5,8-9,14,18-19,22H,1,3,6-7,10-13,15-17H2,2H3/b18-14-. The van der Waals surface area contributed by atoms with Gasteiger partial charge >= 0.3 is 0 Å². The third-order valence-electron chi connectivity index (χ3n) is 7.44. The van der Waals surface area contributed by atoms with Crippen molar-refractivity contribution in [3.63, 3.8) is 0 Å². The molecule has 162 valence electrons. The van der Waals surface area contributed by atoms with E-state index in [0.29, 0.717) is 0 Å². The molecule has 3 heterocycles. The molecule has 0 amide bonds. The predicted octanol–water partition coefficient (Wildman–Crippen LogP) is 5.54. The molecule has 1 aromatic carbocycles. The summed E-state index contributed by atoms with van der Waals surface area (Å²) in [4.78, 5) is 8.56. The smallest absolute Gasteiger partial charge is 0.123 e. The maximum absolute atomic E-state index is 6.68. The number of nitrogens with zero attached hydrogens (tertiary/aromatic N) is 3. The average Bonchev–Trinajstić information content (AvgIpc) is 3.64. The van der Waals surface area contributed by atoms with E-state index in [0.717, 1.165) is 57.0 Å². The minimum Gasteiger partial charge on any atom is -0.487 e. The number of fused-ring (bicyclic) bond motifs is 1. The fraction of sp³-hybridized carbons (Fsp3) is 0.444. The lowest BCUT2D eigenvalue weighted by Gasteiger charge is -2.45. The van der Waals surface area contributed by atoms with Crippen LogP contribution in [0.15, 0.2) is 65.7 Å². The molecule has 5 rings (SSSR count). The molecule has 4 aliphatic rings. The van der Waals surface area contributed by atoms with Crippen LogP contribution < -0.4 is 4.74 Å². The largest absolute Gasteiger partial charge is 0.487 e. The molecule has 1 aromatic rings. The number of aliphatic imine (C=N–C) groups is 1. The second-order valence-corrected chi connectivity index (χ2v) is 9.39. The Morgan fingerprint density at radius 2 is 2.03 bits per heavy atom. The minimum absolute atomic E-state index is 0.00799. The van der Waals surface area contributed by atoms with Crippen molar-refractivity contribution in [2.75, 3.05) is 19.6 Å². The van der Waals surface area contributed by atoms with Crippen LogP contribution in [0.2, 0.25) is 0 Å². The van der Waals surface area contributed by atoms with Crippen LogP contribution in [0.1, 0.15) is 50.2 Å². The number of aryl methyl sites for hydroxylation is 1. The Labute approximate surface area is 186 Å². The Hall–Kier alpha value is -2.75. The van der Waals surface area contributed by atoms with E-state index in [1.165, 1.54) is 40.9 Å². The zero-order chi connectivity index (χ0) is 21.4. The third-order valence-corrected chi connectivity index (χ3v) is 7.44. The second-order valence-electron chi connectivity index (χ2n) is 9.39. The van der Waals surface area contributed by atoms with Crippen molar-refractivity contribution >= 4 is 12.3 Å². The second kappa shape index (κ2) is 8.07. The zero-order valence-corrected chi connectivity index (χ0v) is 18.6. The first-order chi connectivity index (χ1) is 15.1. The van der Waals surface area contributed by atoms with E-state index < -0.39 is 0 Å². The van der Waals surface area contributed by atoms with Gasteiger partial charge in [0.05, 0.1) is 0 Å². The lowest BCUT2D eigenvalue weighted by Crippen LogP contribution is -2.49. The molecule has 1 aliphatic carbocycles. The summed E-state index contributed by atoms with van der Waals surface area (Å²) in [5.41, 5.74) is 6.46. The van der Waals surface area contributed by atoms with Gasteiger partial charge in [-0.25, -0.2) is 0 Å². The molecule has 4 nitrogen and oxygen atoms in total. The summed E-state index contributed by atoms with van der Waals surface area (Å²) in [5.74, 6) is 1.83. The molecule has 0 atom stereocenters. The molecule has 0 radical (unpaired) electrons. The first-order valence-electron chi connectivity index (χ1n) is 11.6. The summed E-state index contributed by atoms with van der Waals surface area (Å²) in [6.07, 6.45) is 15.2. The van der Waals surface area contributed by atoms with Crippen molar-refractivity contribution in [1.29, 1.82) is 0 Å². The number of benzene rings is 1. The number of piperidine rings is 1. The topological polar surface area (TPSA) is 28.1 Å². The van der Waals surface area contributed by atoms with Crippen LogP contribution in [0.3, 0.4) is 0 Å². The van der Waals surface area contributed by atoms with Crippen LogP contribution in [-0.2, 0) is 6.42 Å². The van der Waals surface area contributed by atoms with E-state index in [2.05, 4.69) is 65.4 Å². The van der Waals surface area contributed by atoms with Gasteiger partial charge in [0.2, 0.25) is 0 Å². The van der Waals surface area contributed by atoms with Crippen LogP contribution in [0.4, 0.5) is 0 Å². The van der Waals surface area contributed by atoms with Crippen molar-refractivity contribution in [3.8, 4) is 5.75 Å². The Morgan fingerprint density at radius 3 is 2.77 bits per heavy atom. The summed E-state index contributed by atoms with van der Waals surface area (Å²) in [5, 5.41) is 0. The van der Waals surface area contributed by atoms with E-state index in [1.54, 1.807) is 6.20 Å². The van der Waals surface area contributed by atoms with E-state index in [4.69, 9.17) is 4.74 Å². The summed E-state index contributed by atoms with van der Waals surface area (Å²) in [7, 11) is 0. The minimum atomic E-state index is 0.00799. The fourth-order valence-electron chi connectivity index (χ4n) is 5.22. The Morgan fingerprint density at radius 1 is 1.23 bits per heavy atom. The van der Waals surface area contributed by atoms with Crippen LogP contribution >= 0.6 is 0 Å². The van der Waals surface area contributed by atoms with Gasteiger partial charge in [0.25, 0.3) is 0 Å². The number of likely N-dealkylation sites (tertiary alicyclic amines) is 1. The van der Waals surface area contributed by atoms with E-state index in [1.807, 2.05) is 6.20 Å². The van der Waals surface area contributed by atoms with Crippen molar-refractivity contribution < 1.29 is 4.74 Å². The van der Waals surface area contributed by atoms with E-state index in [-0.39, 0.29) is 5.60 Å². The fourth-order valence-corrected chi connectivity index (χ4v) is 5.22. The van der Waals surface area contributed by atoms with Gasteiger partial charge in [-0.1, -0.05) is 24.8 Å². The molecule has 1 saturated carbocycles. The molecule has 0 bridgehead atoms. The molecule has 0 N–H and O–H groups in total. The van der Waals surface area contributed by atoms with Gasteiger partial charge in [-0.05, 0) is 68.5 Å². The highest BCUT2D eigenvalue weighted by Crippen LogP contribution is 2.43. The molecule has 0 unspecified atom stereocenters. The Balaban J connectivity index is 1.31. The van der Waals surface area contributed by atoms with Crippen molar-refractivity contribution in [1.82, 2.24) is 9.80 Å². The number of ether oxygens (including phenoxy) is 1. The molecular formula is C27H33N3O. The lowest BCUT2D eigenvalue weighted by atomic mass is 9.82. The molecule has 2 fully saturated rings. The predicted molar refractivity (Wildman–Crippen MR) is 128 cm³/mol. The monoisotopic (exact) mass is 415 g/mol. The van der Waals surface area contributed by atoms with E-state index in [9.17, 15) is 0 Å². The van der Waals surface area contributed by atoms with Crippen LogP contribution in [0.5, 0.6) is 5.75 Å². The molecule has 1 spiro atoms. The zero-order valence-electron chi connectivity index (χ0n) is 18.6. The number of hydrogen-bond donors (Lipinski definition) is 0. The first kappa shape index (κ1) is 20.2. The summed E-state index contributed by atoms with van der Waals surface area (Å²) in [6.45, 7) is 13.1. The number of hydrogen-bond acceptors (Lipinski definition) is 4. The normalized spacial score (nSPS) is 22.6. The quantitative estimate of drug-likeness (QED) is 0.591. The number of rotatable bonds is 5. The van der Waals surface area contributed by atoms with Gasteiger partial charge < -0.3 is 14.5 Å². The van der Waals surface area contributed by atoms with Gasteiger partial charge in [-0.15, -0.1) is 0 Å². The van der Waals surface area contributed by atoms with Crippen LogP contribution in [0, 0.1) is 5.92 Å². The average molecular weight is 416 g/mol. The van der Waals surface area contributed by atoms with Gasteiger partial charge in [-0.3, -0.25) is 4.99 Å². The highest BCUT2D eigenvalue weighted by molar-refractivity contribution is 5.78. The molecule has 3 aliphatic heterocycles. The maximum atomic E-state index is 6.68. The molecular weight excluding hydrogens is 382 g/mol. The summed E-state index contributed by atoms with van der Waals surface area (Å²) in [6, 6.07) is 6.73. The lowest BCUT2D eigenvalue weighted by molar-refractivity contribution is -0.00799. The summed E-state index contributed by atoms with van der Waals surface area (Å²) < 4.78 is 6.68. The van der Waals surface area contributed by atoms with Crippen molar-refractivity contribution in [2.45, 2.75) is 51.0 Å². The molecule has 1 saturated heterocycles.